The van der Waals surface area contributed by atoms with Gasteiger partial charge in [-0.3, -0.25) is 9.08 Å². The molecule has 0 aromatic rings. The molecule has 0 spiro atoms. The smallest absolute Gasteiger partial charge is 0.264 e. The number of hydrogen-bond acceptors (Lipinski definition) is 8. The lowest BCUT2D eigenvalue weighted by Gasteiger charge is -2.30. The highest BCUT2D eigenvalue weighted by Gasteiger charge is 2.22. The summed E-state index contributed by atoms with van der Waals surface area (Å²) in [7, 11) is -8.35. The van der Waals surface area contributed by atoms with Gasteiger partial charge in [-0.15, -0.1) is 0 Å². The summed E-state index contributed by atoms with van der Waals surface area (Å²) in [5.74, 6) is -0.864. The first-order chi connectivity index (χ1) is 8.16. The van der Waals surface area contributed by atoms with Gasteiger partial charge in [-0.05, 0) is 0 Å². The Morgan fingerprint density at radius 2 is 1.83 bits per heavy atom. The largest absolute Gasteiger partial charge is 0.748 e. The van der Waals surface area contributed by atoms with E-state index in [0.717, 1.165) is 6.26 Å². The molecule has 8 nitrogen and oxygen atoms in total. The van der Waals surface area contributed by atoms with Gasteiger partial charge in [-0.1, -0.05) is 0 Å². The quantitative estimate of drug-likeness (QED) is 0.417. The monoisotopic (exact) mass is 302 g/mol. The highest BCUT2D eigenvalue weighted by molar-refractivity contribution is 7.86. The SMILES string of the molecule is CS(=O)(=O)OC(CN1CCOCC1)CS(=O)(=O)[O-]. The van der Waals surface area contributed by atoms with Crippen LogP contribution in [0.3, 0.4) is 0 Å². The van der Waals surface area contributed by atoms with E-state index in [0.29, 0.717) is 26.3 Å². The summed E-state index contributed by atoms with van der Waals surface area (Å²) in [4.78, 5) is 1.80. The number of ether oxygens (including phenoxy) is 1. The van der Waals surface area contributed by atoms with E-state index in [1.165, 1.54) is 0 Å². The van der Waals surface area contributed by atoms with E-state index in [1.54, 1.807) is 4.90 Å². The zero-order valence-electron chi connectivity index (χ0n) is 9.94. The van der Waals surface area contributed by atoms with Crippen molar-refractivity contribution in [3.63, 3.8) is 0 Å². The molecule has 1 rings (SSSR count). The average Bonchev–Trinajstić information content (AvgIpc) is 2.13. The predicted molar refractivity (Wildman–Crippen MR) is 61.5 cm³/mol. The van der Waals surface area contributed by atoms with Gasteiger partial charge in [0.05, 0.1) is 35.3 Å². The van der Waals surface area contributed by atoms with Gasteiger partial charge in [0.25, 0.3) is 10.1 Å². The molecule has 0 bridgehead atoms. The highest BCUT2D eigenvalue weighted by atomic mass is 32.2. The van der Waals surface area contributed by atoms with Crippen molar-refractivity contribution in [3.05, 3.63) is 0 Å². The van der Waals surface area contributed by atoms with Crippen LogP contribution in [0.4, 0.5) is 0 Å². The molecule has 1 aliphatic heterocycles. The molecule has 0 aromatic heterocycles. The maximum atomic E-state index is 11.0. The topological polar surface area (TPSA) is 113 Å². The summed E-state index contributed by atoms with van der Waals surface area (Å²) in [5, 5.41) is 0. The molecule has 0 aliphatic carbocycles. The Morgan fingerprint density at radius 1 is 1.28 bits per heavy atom. The number of rotatable bonds is 6. The molecule has 1 unspecified atom stereocenters. The third kappa shape index (κ3) is 7.24. The van der Waals surface area contributed by atoms with Crippen molar-refractivity contribution in [1.29, 1.82) is 0 Å². The third-order valence-corrected chi connectivity index (χ3v) is 3.67. The van der Waals surface area contributed by atoms with Crippen LogP contribution >= 0.6 is 0 Å². The van der Waals surface area contributed by atoms with E-state index in [4.69, 9.17) is 4.74 Å². The predicted octanol–water partition coefficient (Wildman–Crippen LogP) is -1.79. The maximum Gasteiger partial charge on any atom is 0.264 e. The molecule has 18 heavy (non-hydrogen) atoms. The van der Waals surface area contributed by atoms with Crippen LogP contribution in [0.5, 0.6) is 0 Å². The second-order valence-electron chi connectivity index (χ2n) is 4.06. The zero-order valence-corrected chi connectivity index (χ0v) is 11.6. The lowest BCUT2D eigenvalue weighted by molar-refractivity contribution is 0.0231. The van der Waals surface area contributed by atoms with Crippen LogP contribution in [0.1, 0.15) is 0 Å². The summed E-state index contributed by atoms with van der Waals surface area (Å²) < 4.78 is 63.8. The molecule has 1 atom stereocenters. The molecule has 0 aromatic carbocycles. The Balaban J connectivity index is 2.64. The average molecular weight is 302 g/mol. The Bertz CT molecular complexity index is 418. The lowest BCUT2D eigenvalue weighted by atomic mass is 10.3. The normalized spacial score (nSPS) is 20.8. The van der Waals surface area contributed by atoms with Gasteiger partial charge >= 0.3 is 0 Å². The standard InChI is InChI=1S/C8H17NO7S2/c1-17(10,11)16-8(7-18(12,13)14)6-9-2-4-15-5-3-9/h8H,2-7H2,1H3,(H,12,13,14)/p-1. The van der Waals surface area contributed by atoms with Crippen molar-refractivity contribution in [2.24, 2.45) is 0 Å². The van der Waals surface area contributed by atoms with Crippen LogP contribution in [0.15, 0.2) is 0 Å². The summed E-state index contributed by atoms with van der Waals surface area (Å²) >= 11 is 0. The van der Waals surface area contributed by atoms with Gasteiger partial charge in [0, 0.05) is 19.6 Å². The molecule has 1 aliphatic rings. The summed E-state index contributed by atoms with van der Waals surface area (Å²) in [5.41, 5.74) is 0. The van der Waals surface area contributed by atoms with E-state index < -0.39 is 32.1 Å². The molecule has 10 heteroatoms. The second-order valence-corrected chi connectivity index (χ2v) is 7.11. The van der Waals surface area contributed by atoms with Gasteiger partial charge in [-0.2, -0.15) is 8.42 Å². The Hall–Kier alpha value is -0.260. The van der Waals surface area contributed by atoms with Crippen LogP contribution < -0.4 is 0 Å². The van der Waals surface area contributed by atoms with Gasteiger partial charge in [0.15, 0.2) is 0 Å². The minimum absolute atomic E-state index is 0.0674. The van der Waals surface area contributed by atoms with Crippen LogP contribution in [0, 0.1) is 0 Å². The first-order valence-corrected chi connectivity index (χ1v) is 8.67. The van der Waals surface area contributed by atoms with E-state index in [-0.39, 0.29) is 6.54 Å². The minimum Gasteiger partial charge on any atom is -0.748 e. The molecule has 1 heterocycles. The second kappa shape index (κ2) is 6.26. The van der Waals surface area contributed by atoms with Crippen LogP contribution in [-0.2, 0) is 29.2 Å². The van der Waals surface area contributed by atoms with Crippen molar-refractivity contribution in [3.8, 4) is 0 Å². The molecule has 0 saturated carbocycles. The van der Waals surface area contributed by atoms with E-state index in [1.807, 2.05) is 0 Å². The van der Waals surface area contributed by atoms with Gasteiger partial charge in [-0.25, -0.2) is 8.42 Å². The first kappa shape index (κ1) is 15.8. The van der Waals surface area contributed by atoms with Crippen LogP contribution in [-0.4, -0.2) is 77.2 Å². The Morgan fingerprint density at radius 3 is 2.28 bits per heavy atom. The van der Waals surface area contributed by atoms with Gasteiger partial charge in [0.2, 0.25) is 0 Å². The van der Waals surface area contributed by atoms with Gasteiger partial charge < -0.3 is 9.29 Å². The molecule has 0 radical (unpaired) electrons. The number of morpholine rings is 1. The molecular formula is C8H16NO7S2-. The highest BCUT2D eigenvalue weighted by Crippen LogP contribution is 2.06. The van der Waals surface area contributed by atoms with Crippen molar-refractivity contribution < 1.29 is 30.3 Å². The fraction of sp³-hybridized carbons (Fsp3) is 1.00. The molecule has 0 amide bonds. The molecule has 0 N–H and O–H groups in total. The molecular weight excluding hydrogens is 286 g/mol. The Kier molecular flexibility index (Phi) is 5.49. The lowest BCUT2D eigenvalue weighted by Crippen LogP contribution is -2.44. The molecule has 1 saturated heterocycles. The number of nitrogens with zero attached hydrogens (tertiary/aromatic N) is 1. The summed E-state index contributed by atoms with van der Waals surface area (Å²) in [6, 6.07) is 0. The third-order valence-electron chi connectivity index (χ3n) is 2.27. The molecule has 1 fully saturated rings. The fourth-order valence-electron chi connectivity index (χ4n) is 1.66. The van der Waals surface area contributed by atoms with E-state index in [9.17, 15) is 21.4 Å². The van der Waals surface area contributed by atoms with E-state index in [2.05, 4.69) is 4.18 Å². The minimum atomic E-state index is -4.54. The van der Waals surface area contributed by atoms with Crippen LogP contribution in [0.2, 0.25) is 0 Å². The number of hydrogen-bond donors (Lipinski definition) is 0. The zero-order chi connectivity index (χ0) is 13.8. The Labute approximate surface area is 107 Å². The summed E-state index contributed by atoms with van der Waals surface area (Å²) in [6.45, 7) is 2.12. The van der Waals surface area contributed by atoms with Crippen molar-refractivity contribution in [2.75, 3.05) is 44.9 Å². The van der Waals surface area contributed by atoms with Gasteiger partial charge in [0.1, 0.15) is 6.10 Å². The summed E-state index contributed by atoms with van der Waals surface area (Å²) in [6.07, 6.45) is -0.364. The fourth-order valence-corrected chi connectivity index (χ4v) is 3.00. The first-order valence-electron chi connectivity index (χ1n) is 5.28. The van der Waals surface area contributed by atoms with Crippen molar-refractivity contribution >= 4 is 20.2 Å². The van der Waals surface area contributed by atoms with E-state index >= 15 is 0 Å². The molecule has 108 valence electrons. The maximum absolute atomic E-state index is 11.0. The van der Waals surface area contributed by atoms with Crippen molar-refractivity contribution in [1.82, 2.24) is 4.90 Å². The van der Waals surface area contributed by atoms with Crippen LogP contribution in [0.25, 0.3) is 0 Å². The van der Waals surface area contributed by atoms with Crippen molar-refractivity contribution in [2.45, 2.75) is 6.10 Å².